The van der Waals surface area contributed by atoms with E-state index in [9.17, 15) is 9.90 Å². The highest BCUT2D eigenvalue weighted by atomic mass is 35.5. The molecule has 0 bridgehead atoms. The minimum Gasteiger partial charge on any atom is -0.389 e. The Morgan fingerprint density at radius 1 is 1.50 bits per heavy atom. The molecule has 0 saturated carbocycles. The minimum absolute atomic E-state index is 0.172. The van der Waals surface area contributed by atoms with Crippen LogP contribution in [0.5, 0.6) is 0 Å². The fourth-order valence-corrected chi connectivity index (χ4v) is 1.83. The maximum Gasteiger partial charge on any atom is 0.269 e. The lowest BCUT2D eigenvalue weighted by Crippen LogP contribution is -2.12. The first-order valence-corrected chi connectivity index (χ1v) is 5.70. The second-order valence-corrected chi connectivity index (χ2v) is 4.30. The van der Waals surface area contributed by atoms with Crippen molar-refractivity contribution in [2.45, 2.75) is 13.0 Å². The topological polar surface area (TPSA) is 81.1 Å². The van der Waals surface area contributed by atoms with Crippen LogP contribution >= 0.6 is 11.6 Å². The monoisotopic (exact) mass is 265 g/mol. The molecule has 1 heterocycles. The summed E-state index contributed by atoms with van der Waals surface area (Å²) in [6, 6.07) is 6.65. The molecule has 1 aromatic carbocycles. The number of primary amides is 1. The SMILES string of the molecule is C[C@@H](O)c1ccc(-n2ccc(C(N)=O)n2)c(Cl)c1. The molecule has 0 radical (unpaired) electrons. The summed E-state index contributed by atoms with van der Waals surface area (Å²) < 4.78 is 1.47. The van der Waals surface area contributed by atoms with Crippen molar-refractivity contribution in [3.63, 3.8) is 0 Å². The normalized spacial score (nSPS) is 12.4. The first kappa shape index (κ1) is 12.6. The van der Waals surface area contributed by atoms with Crippen LogP contribution in [0.25, 0.3) is 5.69 Å². The molecule has 18 heavy (non-hydrogen) atoms. The van der Waals surface area contributed by atoms with Gasteiger partial charge in [0, 0.05) is 6.20 Å². The van der Waals surface area contributed by atoms with E-state index in [0.29, 0.717) is 16.3 Å². The zero-order chi connectivity index (χ0) is 13.3. The quantitative estimate of drug-likeness (QED) is 0.886. The van der Waals surface area contributed by atoms with Crippen molar-refractivity contribution in [3.8, 4) is 5.69 Å². The van der Waals surface area contributed by atoms with E-state index in [1.54, 1.807) is 31.3 Å². The number of benzene rings is 1. The summed E-state index contributed by atoms with van der Waals surface area (Å²) >= 11 is 6.11. The second kappa shape index (κ2) is 4.80. The van der Waals surface area contributed by atoms with Crippen molar-refractivity contribution >= 4 is 17.5 Å². The average Bonchev–Trinajstić information content (AvgIpc) is 2.78. The molecule has 3 N–H and O–H groups in total. The molecule has 1 amide bonds. The molecule has 5 nitrogen and oxygen atoms in total. The third-order valence-corrected chi connectivity index (χ3v) is 2.85. The summed E-state index contributed by atoms with van der Waals surface area (Å²) in [5, 5.41) is 13.9. The molecule has 0 aliphatic carbocycles. The molecule has 2 aromatic rings. The maximum absolute atomic E-state index is 11.0. The van der Waals surface area contributed by atoms with Crippen LogP contribution in [-0.2, 0) is 0 Å². The van der Waals surface area contributed by atoms with E-state index in [1.807, 2.05) is 0 Å². The van der Waals surface area contributed by atoms with Crippen molar-refractivity contribution in [1.29, 1.82) is 0 Å². The average molecular weight is 266 g/mol. The van der Waals surface area contributed by atoms with E-state index < -0.39 is 12.0 Å². The van der Waals surface area contributed by atoms with Gasteiger partial charge in [0.1, 0.15) is 5.69 Å². The first-order valence-electron chi connectivity index (χ1n) is 5.32. The van der Waals surface area contributed by atoms with Gasteiger partial charge in [0.2, 0.25) is 0 Å². The van der Waals surface area contributed by atoms with E-state index in [0.717, 1.165) is 0 Å². The third kappa shape index (κ3) is 2.37. The van der Waals surface area contributed by atoms with Gasteiger partial charge in [-0.25, -0.2) is 4.68 Å². The van der Waals surface area contributed by atoms with Crippen LogP contribution in [0.4, 0.5) is 0 Å². The van der Waals surface area contributed by atoms with E-state index in [2.05, 4.69) is 5.10 Å². The molecule has 0 unspecified atom stereocenters. The fraction of sp³-hybridized carbons (Fsp3) is 0.167. The molecule has 0 aliphatic rings. The Morgan fingerprint density at radius 2 is 2.22 bits per heavy atom. The van der Waals surface area contributed by atoms with Crippen molar-refractivity contribution in [3.05, 3.63) is 46.7 Å². The van der Waals surface area contributed by atoms with Crippen LogP contribution < -0.4 is 5.73 Å². The molecule has 0 saturated heterocycles. The number of aliphatic hydroxyl groups excluding tert-OH is 1. The maximum atomic E-state index is 11.0. The van der Waals surface area contributed by atoms with Gasteiger partial charge in [-0.15, -0.1) is 0 Å². The lowest BCUT2D eigenvalue weighted by molar-refractivity contribution is 0.0995. The van der Waals surface area contributed by atoms with Gasteiger partial charge in [0.25, 0.3) is 5.91 Å². The van der Waals surface area contributed by atoms with E-state index in [-0.39, 0.29) is 5.69 Å². The molecule has 0 aliphatic heterocycles. The number of amides is 1. The minimum atomic E-state index is -0.592. The Morgan fingerprint density at radius 3 is 2.72 bits per heavy atom. The Kier molecular flexibility index (Phi) is 3.36. The van der Waals surface area contributed by atoms with Gasteiger partial charge in [0.15, 0.2) is 0 Å². The van der Waals surface area contributed by atoms with Crippen LogP contribution in [0.15, 0.2) is 30.5 Å². The summed E-state index contributed by atoms with van der Waals surface area (Å²) in [6.07, 6.45) is 1.01. The van der Waals surface area contributed by atoms with E-state index >= 15 is 0 Å². The second-order valence-electron chi connectivity index (χ2n) is 3.90. The molecule has 0 fully saturated rings. The highest BCUT2D eigenvalue weighted by Crippen LogP contribution is 2.24. The van der Waals surface area contributed by atoms with Crippen molar-refractivity contribution in [2.24, 2.45) is 5.73 Å². The number of nitrogens with zero attached hydrogens (tertiary/aromatic N) is 2. The number of aliphatic hydroxyl groups is 1. The Bertz CT molecular complexity index is 593. The fourth-order valence-electron chi connectivity index (χ4n) is 1.56. The van der Waals surface area contributed by atoms with Crippen molar-refractivity contribution in [1.82, 2.24) is 9.78 Å². The zero-order valence-electron chi connectivity index (χ0n) is 9.67. The molecule has 2 rings (SSSR count). The number of hydrogen-bond donors (Lipinski definition) is 2. The number of rotatable bonds is 3. The predicted molar refractivity (Wildman–Crippen MR) is 67.7 cm³/mol. The number of carbonyl (C=O) groups excluding carboxylic acids is 1. The summed E-state index contributed by atoms with van der Waals surface area (Å²) in [4.78, 5) is 11.0. The number of nitrogens with two attached hydrogens (primary N) is 1. The van der Waals surface area contributed by atoms with Crippen LogP contribution in [0.2, 0.25) is 5.02 Å². The Labute approximate surface area is 109 Å². The first-order chi connectivity index (χ1) is 8.49. The van der Waals surface area contributed by atoms with Gasteiger partial charge in [-0.3, -0.25) is 4.79 Å². The lowest BCUT2D eigenvalue weighted by Gasteiger charge is -2.09. The summed E-state index contributed by atoms with van der Waals surface area (Å²) in [6.45, 7) is 1.66. The standard InChI is InChI=1S/C12H12ClN3O2/c1-7(17)8-2-3-11(9(13)6-8)16-5-4-10(15-16)12(14)18/h2-7,17H,1H3,(H2,14,18)/t7-/m1/s1. The van der Waals surface area contributed by atoms with Gasteiger partial charge in [-0.2, -0.15) is 5.10 Å². The molecule has 1 aromatic heterocycles. The van der Waals surface area contributed by atoms with Crippen LogP contribution in [0, 0.1) is 0 Å². The molecular weight excluding hydrogens is 254 g/mol. The smallest absolute Gasteiger partial charge is 0.269 e. The number of aromatic nitrogens is 2. The number of halogens is 1. The van der Waals surface area contributed by atoms with Gasteiger partial charge in [0.05, 0.1) is 16.8 Å². The van der Waals surface area contributed by atoms with Gasteiger partial charge >= 0.3 is 0 Å². The van der Waals surface area contributed by atoms with Gasteiger partial charge in [-0.05, 0) is 30.7 Å². The number of carbonyl (C=O) groups is 1. The van der Waals surface area contributed by atoms with Crippen molar-refractivity contribution < 1.29 is 9.90 Å². The predicted octanol–water partition coefficient (Wildman–Crippen LogP) is 1.68. The van der Waals surface area contributed by atoms with Crippen molar-refractivity contribution in [2.75, 3.05) is 0 Å². The molecule has 1 atom stereocenters. The largest absolute Gasteiger partial charge is 0.389 e. The van der Waals surface area contributed by atoms with Gasteiger partial charge < -0.3 is 10.8 Å². The summed E-state index contributed by atoms with van der Waals surface area (Å²) in [5.74, 6) is -0.592. The zero-order valence-corrected chi connectivity index (χ0v) is 10.4. The highest BCUT2D eigenvalue weighted by Gasteiger charge is 2.10. The Hall–Kier alpha value is -1.85. The lowest BCUT2D eigenvalue weighted by atomic mass is 10.1. The third-order valence-electron chi connectivity index (χ3n) is 2.54. The highest BCUT2D eigenvalue weighted by molar-refractivity contribution is 6.32. The van der Waals surface area contributed by atoms with Crippen LogP contribution in [-0.4, -0.2) is 20.8 Å². The van der Waals surface area contributed by atoms with Crippen LogP contribution in [0.1, 0.15) is 29.1 Å². The van der Waals surface area contributed by atoms with Crippen LogP contribution in [0.3, 0.4) is 0 Å². The summed E-state index contributed by atoms with van der Waals surface area (Å²) in [7, 11) is 0. The molecule has 6 heteroatoms. The Balaban J connectivity index is 2.41. The number of hydrogen-bond acceptors (Lipinski definition) is 3. The molecule has 94 valence electrons. The van der Waals surface area contributed by atoms with E-state index in [4.69, 9.17) is 17.3 Å². The van der Waals surface area contributed by atoms with E-state index in [1.165, 1.54) is 10.7 Å². The molecule has 0 spiro atoms. The van der Waals surface area contributed by atoms with Gasteiger partial charge in [-0.1, -0.05) is 17.7 Å². The molecular formula is C12H12ClN3O2. The summed E-state index contributed by atoms with van der Waals surface area (Å²) in [5.41, 5.74) is 6.63.